The zero-order chi connectivity index (χ0) is 22.5. The average molecular weight is 441 g/mol. The molecule has 0 saturated carbocycles. The van der Waals surface area contributed by atoms with Gasteiger partial charge in [0.1, 0.15) is 12.1 Å². The van der Waals surface area contributed by atoms with E-state index >= 15 is 0 Å². The molecule has 1 amide bonds. The van der Waals surface area contributed by atoms with Crippen molar-refractivity contribution in [3.05, 3.63) is 78.8 Å². The number of imidazole rings is 1. The van der Waals surface area contributed by atoms with Gasteiger partial charge in [-0.25, -0.2) is 9.97 Å². The van der Waals surface area contributed by atoms with Crippen molar-refractivity contribution in [3.8, 4) is 5.82 Å². The van der Waals surface area contributed by atoms with E-state index in [1.54, 1.807) is 12.5 Å². The lowest BCUT2D eigenvalue weighted by atomic mass is 9.94. The summed E-state index contributed by atoms with van der Waals surface area (Å²) < 4.78 is 1.97. The van der Waals surface area contributed by atoms with E-state index in [4.69, 9.17) is 0 Å². The number of anilines is 1. The number of piperidine rings is 1. The number of carbonyl (C=O) groups is 1. The van der Waals surface area contributed by atoms with Gasteiger partial charge >= 0.3 is 0 Å². The molecule has 1 aliphatic rings. The van der Waals surface area contributed by atoms with Crippen molar-refractivity contribution in [2.45, 2.75) is 25.7 Å². The van der Waals surface area contributed by atoms with Crippen LogP contribution in [0.5, 0.6) is 0 Å². The third-order valence-electron chi connectivity index (χ3n) is 6.25. The first-order valence-electron chi connectivity index (χ1n) is 11.6. The molecule has 0 aliphatic carbocycles. The molecule has 0 spiro atoms. The van der Waals surface area contributed by atoms with Crippen LogP contribution in [0.2, 0.25) is 0 Å². The molecule has 7 nitrogen and oxygen atoms in total. The summed E-state index contributed by atoms with van der Waals surface area (Å²) in [6.07, 6.45) is 7.24. The van der Waals surface area contributed by atoms with E-state index < -0.39 is 0 Å². The van der Waals surface area contributed by atoms with Crippen LogP contribution in [0.4, 0.5) is 5.95 Å². The van der Waals surface area contributed by atoms with E-state index in [0.717, 1.165) is 61.3 Å². The quantitative estimate of drug-likeness (QED) is 0.468. The van der Waals surface area contributed by atoms with Gasteiger partial charge in [-0.1, -0.05) is 42.5 Å². The van der Waals surface area contributed by atoms with Crippen molar-refractivity contribution in [3.63, 3.8) is 0 Å². The summed E-state index contributed by atoms with van der Waals surface area (Å²) >= 11 is 0. The molecule has 1 aliphatic heterocycles. The lowest BCUT2D eigenvalue weighted by Gasteiger charge is -2.33. The third-order valence-corrected chi connectivity index (χ3v) is 6.25. The molecule has 168 valence electrons. The molecule has 1 atom stereocenters. The standard InChI is InChI=1S/C26H28N6O/c33-25(17-20-7-2-1-3-8-20)31-16-6-9-21(18-31)12-14-27-26-28-15-13-24(30-26)32-19-29-22-10-4-5-11-23(22)32/h1-5,7-8,10-11,13,15,19,21H,6,9,12,14,16-18H2,(H,27,28,30). The first-order chi connectivity index (χ1) is 16.3. The number of amides is 1. The first-order valence-corrected chi connectivity index (χ1v) is 11.6. The normalized spacial score (nSPS) is 16.1. The molecule has 3 heterocycles. The Kier molecular flexibility index (Phi) is 6.28. The summed E-state index contributed by atoms with van der Waals surface area (Å²) in [5.74, 6) is 2.11. The van der Waals surface area contributed by atoms with Crippen molar-refractivity contribution in [1.29, 1.82) is 0 Å². The summed E-state index contributed by atoms with van der Waals surface area (Å²) in [5, 5.41) is 3.37. The van der Waals surface area contributed by atoms with Gasteiger partial charge in [0.2, 0.25) is 11.9 Å². The molecule has 4 aromatic rings. The highest BCUT2D eigenvalue weighted by Crippen LogP contribution is 2.21. The minimum Gasteiger partial charge on any atom is -0.354 e. The molecule has 33 heavy (non-hydrogen) atoms. The summed E-state index contributed by atoms with van der Waals surface area (Å²) in [6.45, 7) is 2.47. The van der Waals surface area contributed by atoms with Crippen LogP contribution in [-0.4, -0.2) is 50.0 Å². The third kappa shape index (κ3) is 5.03. The number of hydrogen-bond acceptors (Lipinski definition) is 5. The van der Waals surface area contributed by atoms with Crippen LogP contribution in [0.1, 0.15) is 24.8 Å². The summed E-state index contributed by atoms with van der Waals surface area (Å²) in [7, 11) is 0. The minimum atomic E-state index is 0.224. The molecule has 2 aromatic heterocycles. The second kappa shape index (κ2) is 9.81. The smallest absolute Gasteiger partial charge is 0.226 e. The van der Waals surface area contributed by atoms with Crippen molar-refractivity contribution >= 4 is 22.9 Å². The van der Waals surface area contributed by atoms with Gasteiger partial charge in [0.05, 0.1) is 17.5 Å². The molecule has 1 unspecified atom stereocenters. The molecule has 5 rings (SSSR count). The predicted molar refractivity (Wildman–Crippen MR) is 129 cm³/mol. The molecule has 1 N–H and O–H groups in total. The van der Waals surface area contributed by atoms with E-state index in [-0.39, 0.29) is 5.91 Å². The summed E-state index contributed by atoms with van der Waals surface area (Å²) in [5.41, 5.74) is 3.04. The molecule has 1 fully saturated rings. The number of carbonyl (C=O) groups excluding carboxylic acids is 1. The second-order valence-corrected chi connectivity index (χ2v) is 8.57. The molecule has 2 aromatic carbocycles. The number of para-hydroxylation sites is 2. The van der Waals surface area contributed by atoms with Crippen LogP contribution >= 0.6 is 0 Å². The van der Waals surface area contributed by atoms with Crippen LogP contribution in [0, 0.1) is 5.92 Å². The Morgan fingerprint density at radius 1 is 1.03 bits per heavy atom. The van der Waals surface area contributed by atoms with Gasteiger partial charge in [-0.05, 0) is 48.9 Å². The SMILES string of the molecule is O=C(Cc1ccccc1)N1CCCC(CCNc2nccc(-n3cnc4ccccc43)n2)C1. The number of aromatic nitrogens is 4. The highest BCUT2D eigenvalue weighted by molar-refractivity contribution is 5.79. The van der Waals surface area contributed by atoms with Crippen LogP contribution in [0.25, 0.3) is 16.9 Å². The fourth-order valence-corrected chi connectivity index (χ4v) is 4.51. The van der Waals surface area contributed by atoms with Gasteiger partial charge in [0, 0.05) is 25.8 Å². The zero-order valence-corrected chi connectivity index (χ0v) is 18.6. The van der Waals surface area contributed by atoms with Crippen LogP contribution in [0.15, 0.2) is 73.2 Å². The second-order valence-electron chi connectivity index (χ2n) is 8.57. The van der Waals surface area contributed by atoms with Crippen LogP contribution in [-0.2, 0) is 11.2 Å². The maximum Gasteiger partial charge on any atom is 0.226 e. The zero-order valence-electron chi connectivity index (χ0n) is 18.6. The van der Waals surface area contributed by atoms with Crippen LogP contribution in [0.3, 0.4) is 0 Å². The first kappa shape index (κ1) is 21.1. The number of rotatable bonds is 7. The monoisotopic (exact) mass is 440 g/mol. The Morgan fingerprint density at radius 3 is 2.79 bits per heavy atom. The number of hydrogen-bond donors (Lipinski definition) is 1. The lowest BCUT2D eigenvalue weighted by molar-refractivity contribution is -0.132. The highest BCUT2D eigenvalue weighted by Gasteiger charge is 2.23. The number of likely N-dealkylation sites (tertiary alicyclic amines) is 1. The minimum absolute atomic E-state index is 0.224. The molecule has 7 heteroatoms. The fourth-order valence-electron chi connectivity index (χ4n) is 4.51. The Balaban J connectivity index is 1.15. The maximum atomic E-state index is 12.7. The maximum absolute atomic E-state index is 12.7. The Bertz CT molecular complexity index is 1220. The van der Waals surface area contributed by atoms with Crippen molar-refractivity contribution in [1.82, 2.24) is 24.4 Å². The van der Waals surface area contributed by atoms with Crippen molar-refractivity contribution in [2.75, 3.05) is 25.0 Å². The number of nitrogens with one attached hydrogen (secondary N) is 1. The molecule has 1 saturated heterocycles. The topological polar surface area (TPSA) is 75.9 Å². The van der Waals surface area contributed by atoms with E-state index in [2.05, 4.69) is 20.3 Å². The van der Waals surface area contributed by atoms with E-state index in [0.29, 0.717) is 18.3 Å². The summed E-state index contributed by atoms with van der Waals surface area (Å²) in [6, 6.07) is 19.9. The average Bonchev–Trinajstić information content (AvgIpc) is 3.29. The van der Waals surface area contributed by atoms with Gasteiger partial charge in [0.15, 0.2) is 0 Å². The molecule has 0 bridgehead atoms. The number of fused-ring (bicyclic) bond motifs is 1. The van der Waals surface area contributed by atoms with E-state index in [9.17, 15) is 4.79 Å². The summed E-state index contributed by atoms with van der Waals surface area (Å²) in [4.78, 5) is 28.3. The lowest BCUT2D eigenvalue weighted by Crippen LogP contribution is -2.41. The van der Waals surface area contributed by atoms with Gasteiger partial charge < -0.3 is 10.2 Å². The predicted octanol–water partition coefficient (Wildman–Crippen LogP) is 4.10. The Morgan fingerprint density at radius 2 is 1.88 bits per heavy atom. The van der Waals surface area contributed by atoms with Gasteiger partial charge in [-0.2, -0.15) is 4.98 Å². The van der Waals surface area contributed by atoms with Crippen molar-refractivity contribution < 1.29 is 4.79 Å². The van der Waals surface area contributed by atoms with Gasteiger partial charge in [-0.3, -0.25) is 9.36 Å². The van der Waals surface area contributed by atoms with E-state index in [1.165, 1.54) is 0 Å². The Labute approximate surface area is 193 Å². The fraction of sp³-hybridized carbons (Fsp3) is 0.308. The Hall–Kier alpha value is -3.74. The molecular weight excluding hydrogens is 412 g/mol. The van der Waals surface area contributed by atoms with Gasteiger partial charge in [0.25, 0.3) is 0 Å². The van der Waals surface area contributed by atoms with Crippen molar-refractivity contribution in [2.24, 2.45) is 5.92 Å². The molecule has 0 radical (unpaired) electrons. The van der Waals surface area contributed by atoms with Crippen LogP contribution < -0.4 is 5.32 Å². The van der Waals surface area contributed by atoms with E-state index in [1.807, 2.05) is 70.1 Å². The van der Waals surface area contributed by atoms with Gasteiger partial charge in [-0.15, -0.1) is 0 Å². The number of nitrogens with zero attached hydrogens (tertiary/aromatic N) is 5. The highest BCUT2D eigenvalue weighted by atomic mass is 16.2. The largest absolute Gasteiger partial charge is 0.354 e. The molecular formula is C26H28N6O. The number of benzene rings is 2.